The first-order chi connectivity index (χ1) is 10.2. The Morgan fingerprint density at radius 3 is 2.95 bits per heavy atom. The van der Waals surface area contributed by atoms with Gasteiger partial charge in [-0.2, -0.15) is 0 Å². The van der Waals surface area contributed by atoms with Gasteiger partial charge in [-0.25, -0.2) is 0 Å². The number of methoxy groups -OCH3 is 1. The van der Waals surface area contributed by atoms with Crippen molar-refractivity contribution in [3.05, 3.63) is 23.8 Å². The van der Waals surface area contributed by atoms with E-state index in [1.807, 2.05) is 6.07 Å². The predicted molar refractivity (Wildman–Crippen MR) is 85.8 cm³/mol. The maximum absolute atomic E-state index is 10.1. The minimum Gasteiger partial charge on any atom is -0.508 e. The number of piperidine rings is 1. The van der Waals surface area contributed by atoms with Gasteiger partial charge in [-0.05, 0) is 63.0 Å². The first-order valence-electron chi connectivity index (χ1n) is 8.02. The number of rotatable bonds is 7. The van der Waals surface area contributed by atoms with Crippen LogP contribution in [0, 0.1) is 5.92 Å². The molecular weight excluding hydrogens is 264 g/mol. The fourth-order valence-corrected chi connectivity index (χ4v) is 3.05. The van der Waals surface area contributed by atoms with Crippen molar-refractivity contribution in [1.82, 2.24) is 10.2 Å². The summed E-state index contributed by atoms with van der Waals surface area (Å²) >= 11 is 0. The Labute approximate surface area is 128 Å². The molecule has 1 atom stereocenters. The van der Waals surface area contributed by atoms with Crippen molar-refractivity contribution >= 4 is 0 Å². The Morgan fingerprint density at radius 1 is 1.43 bits per heavy atom. The highest BCUT2D eigenvalue weighted by molar-refractivity contribution is 5.39. The molecule has 0 amide bonds. The van der Waals surface area contributed by atoms with Gasteiger partial charge in [0.05, 0.1) is 7.11 Å². The summed E-state index contributed by atoms with van der Waals surface area (Å²) in [6.45, 7) is 7.42. The summed E-state index contributed by atoms with van der Waals surface area (Å²) in [7, 11) is 1.66. The van der Waals surface area contributed by atoms with Crippen LogP contribution in [0.25, 0.3) is 0 Å². The molecule has 0 saturated carbocycles. The van der Waals surface area contributed by atoms with Crippen molar-refractivity contribution in [2.75, 3.05) is 33.3 Å². The Kier molecular flexibility index (Phi) is 6.33. The highest BCUT2D eigenvalue weighted by atomic mass is 16.5. The monoisotopic (exact) mass is 292 g/mol. The van der Waals surface area contributed by atoms with Crippen LogP contribution in [0.2, 0.25) is 0 Å². The Bertz CT molecular complexity index is 431. The van der Waals surface area contributed by atoms with Gasteiger partial charge in [0.1, 0.15) is 11.5 Å². The largest absolute Gasteiger partial charge is 0.508 e. The summed E-state index contributed by atoms with van der Waals surface area (Å²) in [6, 6.07) is 5.46. The summed E-state index contributed by atoms with van der Waals surface area (Å²) in [4.78, 5) is 2.45. The van der Waals surface area contributed by atoms with Gasteiger partial charge in [0.25, 0.3) is 0 Å². The van der Waals surface area contributed by atoms with Crippen molar-refractivity contribution < 1.29 is 9.84 Å². The Morgan fingerprint density at radius 2 is 2.29 bits per heavy atom. The number of aromatic hydroxyl groups is 1. The van der Waals surface area contributed by atoms with Crippen LogP contribution in [0.1, 0.15) is 31.7 Å². The lowest BCUT2D eigenvalue weighted by atomic mass is 9.98. The van der Waals surface area contributed by atoms with E-state index < -0.39 is 0 Å². The molecule has 1 aliphatic heterocycles. The Hall–Kier alpha value is -1.26. The van der Waals surface area contributed by atoms with Gasteiger partial charge in [0, 0.05) is 18.7 Å². The van der Waals surface area contributed by atoms with E-state index in [1.54, 1.807) is 19.2 Å². The molecule has 0 radical (unpaired) electrons. The van der Waals surface area contributed by atoms with E-state index in [4.69, 9.17) is 4.74 Å². The topological polar surface area (TPSA) is 44.7 Å². The molecule has 4 heteroatoms. The zero-order valence-electron chi connectivity index (χ0n) is 13.3. The molecule has 1 unspecified atom stereocenters. The molecule has 1 heterocycles. The number of phenolic OH excluding ortho intramolecular Hbond substituents is 1. The average Bonchev–Trinajstić information content (AvgIpc) is 2.51. The standard InChI is InChI=1S/C17H28N2O2/c1-3-9-19(12-14-5-4-8-18-11-14)13-15-10-16(21-2)6-7-17(15)20/h6-7,10,14,18,20H,3-5,8-9,11-13H2,1-2H3. The lowest BCUT2D eigenvalue weighted by Gasteiger charge is -2.30. The maximum atomic E-state index is 10.1. The highest BCUT2D eigenvalue weighted by Crippen LogP contribution is 2.25. The van der Waals surface area contributed by atoms with Gasteiger partial charge < -0.3 is 15.2 Å². The van der Waals surface area contributed by atoms with Crippen LogP contribution in [-0.4, -0.2) is 43.3 Å². The molecule has 1 aliphatic rings. The van der Waals surface area contributed by atoms with Gasteiger partial charge in [0.2, 0.25) is 0 Å². The minimum absolute atomic E-state index is 0.360. The third-order valence-corrected chi connectivity index (χ3v) is 4.14. The van der Waals surface area contributed by atoms with Crippen LogP contribution in [0.4, 0.5) is 0 Å². The molecule has 1 fully saturated rings. The molecule has 21 heavy (non-hydrogen) atoms. The fourth-order valence-electron chi connectivity index (χ4n) is 3.05. The van der Waals surface area contributed by atoms with E-state index in [1.165, 1.54) is 12.8 Å². The second-order valence-corrected chi connectivity index (χ2v) is 5.94. The van der Waals surface area contributed by atoms with Crippen molar-refractivity contribution in [2.45, 2.75) is 32.7 Å². The number of phenols is 1. The van der Waals surface area contributed by atoms with Crippen molar-refractivity contribution in [2.24, 2.45) is 5.92 Å². The molecule has 0 bridgehead atoms. The van der Waals surface area contributed by atoms with Crippen molar-refractivity contribution in [3.8, 4) is 11.5 Å². The van der Waals surface area contributed by atoms with E-state index in [-0.39, 0.29) is 0 Å². The van der Waals surface area contributed by atoms with Crippen LogP contribution in [-0.2, 0) is 6.54 Å². The zero-order valence-corrected chi connectivity index (χ0v) is 13.3. The van der Waals surface area contributed by atoms with Crippen LogP contribution >= 0.6 is 0 Å². The predicted octanol–water partition coefficient (Wildman–Crippen LogP) is 2.61. The molecule has 1 aromatic rings. The smallest absolute Gasteiger partial charge is 0.120 e. The second kappa shape index (κ2) is 8.25. The molecule has 4 nitrogen and oxygen atoms in total. The summed E-state index contributed by atoms with van der Waals surface area (Å²) < 4.78 is 5.26. The van der Waals surface area contributed by atoms with Crippen LogP contribution in [0.3, 0.4) is 0 Å². The SMILES string of the molecule is CCCN(Cc1cc(OC)ccc1O)CC1CCCNC1. The van der Waals surface area contributed by atoms with E-state index in [0.717, 1.165) is 56.4 Å². The fraction of sp³-hybridized carbons (Fsp3) is 0.647. The molecule has 1 saturated heterocycles. The van der Waals surface area contributed by atoms with Gasteiger partial charge in [-0.15, -0.1) is 0 Å². The Balaban J connectivity index is 2.00. The van der Waals surface area contributed by atoms with Crippen LogP contribution in [0.15, 0.2) is 18.2 Å². The molecule has 1 aromatic carbocycles. The van der Waals surface area contributed by atoms with E-state index in [9.17, 15) is 5.11 Å². The molecule has 2 rings (SSSR count). The number of hydrogen-bond donors (Lipinski definition) is 2. The van der Waals surface area contributed by atoms with Crippen molar-refractivity contribution in [1.29, 1.82) is 0 Å². The third kappa shape index (κ3) is 4.90. The second-order valence-electron chi connectivity index (χ2n) is 5.94. The molecule has 0 spiro atoms. The summed E-state index contributed by atoms with van der Waals surface area (Å²) in [5.74, 6) is 1.88. The first kappa shape index (κ1) is 16.1. The van der Waals surface area contributed by atoms with Gasteiger partial charge in [-0.3, -0.25) is 4.90 Å². The molecular formula is C17H28N2O2. The summed E-state index contributed by atoms with van der Waals surface area (Å²) in [5, 5.41) is 13.5. The number of benzene rings is 1. The zero-order chi connectivity index (χ0) is 15.1. The van der Waals surface area contributed by atoms with Gasteiger partial charge in [0.15, 0.2) is 0 Å². The van der Waals surface area contributed by atoms with Crippen LogP contribution < -0.4 is 10.1 Å². The molecule has 0 aromatic heterocycles. The average molecular weight is 292 g/mol. The molecule has 0 aliphatic carbocycles. The lowest BCUT2D eigenvalue weighted by molar-refractivity contribution is 0.199. The molecule has 118 valence electrons. The highest BCUT2D eigenvalue weighted by Gasteiger charge is 2.18. The minimum atomic E-state index is 0.360. The van der Waals surface area contributed by atoms with E-state index in [0.29, 0.717) is 5.75 Å². The first-order valence-corrected chi connectivity index (χ1v) is 8.02. The van der Waals surface area contributed by atoms with Crippen molar-refractivity contribution in [3.63, 3.8) is 0 Å². The summed E-state index contributed by atoms with van der Waals surface area (Å²) in [5.41, 5.74) is 0.951. The quantitative estimate of drug-likeness (QED) is 0.811. The number of ether oxygens (including phenoxy) is 1. The summed E-state index contributed by atoms with van der Waals surface area (Å²) in [6.07, 6.45) is 3.71. The van der Waals surface area contributed by atoms with E-state index in [2.05, 4.69) is 17.1 Å². The lowest BCUT2D eigenvalue weighted by Crippen LogP contribution is -2.38. The van der Waals surface area contributed by atoms with E-state index >= 15 is 0 Å². The number of nitrogens with zero attached hydrogens (tertiary/aromatic N) is 1. The third-order valence-electron chi connectivity index (χ3n) is 4.14. The van der Waals surface area contributed by atoms with Gasteiger partial charge in [-0.1, -0.05) is 6.92 Å². The molecule has 2 N–H and O–H groups in total. The number of nitrogens with one attached hydrogen (secondary N) is 1. The normalized spacial score (nSPS) is 18.9. The maximum Gasteiger partial charge on any atom is 0.120 e. The van der Waals surface area contributed by atoms with Crippen LogP contribution in [0.5, 0.6) is 11.5 Å². The number of hydrogen-bond acceptors (Lipinski definition) is 4. The van der Waals surface area contributed by atoms with Gasteiger partial charge >= 0.3 is 0 Å².